The van der Waals surface area contributed by atoms with Gasteiger partial charge in [-0.3, -0.25) is 4.79 Å². The van der Waals surface area contributed by atoms with Gasteiger partial charge in [-0.15, -0.1) is 0 Å². The number of ketones is 1. The van der Waals surface area contributed by atoms with Crippen LogP contribution in [0.4, 0.5) is 0 Å². The molecule has 0 saturated heterocycles. The van der Waals surface area contributed by atoms with E-state index in [1.807, 2.05) is 6.07 Å². The molecule has 126 valence electrons. The summed E-state index contributed by atoms with van der Waals surface area (Å²) in [5, 5.41) is 2.35. The molecule has 3 rings (SSSR count). The average molecular weight is 321 g/mol. The van der Waals surface area contributed by atoms with Crippen LogP contribution in [0.25, 0.3) is 21.8 Å². The smallest absolute Gasteiger partial charge is 0.161 e. The van der Waals surface area contributed by atoms with E-state index in [1.165, 1.54) is 16.5 Å². The Morgan fingerprint density at radius 2 is 1.42 bits per heavy atom. The Kier molecular flexibility index (Phi) is 3.63. The molecule has 2 nitrogen and oxygen atoms in total. The van der Waals surface area contributed by atoms with Gasteiger partial charge in [0.1, 0.15) is 0 Å². The van der Waals surface area contributed by atoms with Crippen molar-refractivity contribution in [3.05, 3.63) is 47.0 Å². The monoisotopic (exact) mass is 321 g/mol. The molecule has 1 aromatic heterocycles. The number of carbonyl (C=O) groups excluding carboxylic acids is 1. The van der Waals surface area contributed by atoms with Crippen LogP contribution in [0.2, 0.25) is 0 Å². The molecule has 0 aliphatic carbocycles. The van der Waals surface area contributed by atoms with E-state index >= 15 is 0 Å². The Labute approximate surface area is 144 Å². The minimum absolute atomic E-state index is 0.00359. The fourth-order valence-electron chi connectivity index (χ4n) is 3.18. The molecule has 0 spiro atoms. The SMILES string of the molecule is CC(=O)c1cc(C(C)(C)C)cc2c1[nH]c1ccc(C(C)(C)C)cc12. The molecular weight excluding hydrogens is 294 g/mol. The molecule has 2 aromatic carbocycles. The summed E-state index contributed by atoms with van der Waals surface area (Å²) < 4.78 is 0. The molecule has 0 fully saturated rings. The fourth-order valence-corrected chi connectivity index (χ4v) is 3.18. The topological polar surface area (TPSA) is 32.9 Å². The van der Waals surface area contributed by atoms with Crippen LogP contribution in [0.5, 0.6) is 0 Å². The second-order valence-corrected chi connectivity index (χ2v) is 8.89. The largest absolute Gasteiger partial charge is 0.354 e. The Morgan fingerprint density at radius 3 is 1.96 bits per heavy atom. The lowest BCUT2D eigenvalue weighted by Gasteiger charge is -2.20. The van der Waals surface area contributed by atoms with Crippen molar-refractivity contribution in [2.24, 2.45) is 0 Å². The molecule has 0 saturated carbocycles. The highest BCUT2D eigenvalue weighted by molar-refractivity contribution is 6.15. The summed E-state index contributed by atoms with van der Waals surface area (Å²) in [6, 6.07) is 10.9. The summed E-state index contributed by atoms with van der Waals surface area (Å²) in [5.74, 6) is 0.105. The second kappa shape index (κ2) is 5.20. The highest BCUT2D eigenvalue weighted by Gasteiger charge is 2.21. The van der Waals surface area contributed by atoms with Crippen LogP contribution >= 0.6 is 0 Å². The summed E-state index contributed by atoms with van der Waals surface area (Å²) in [6.45, 7) is 14.9. The van der Waals surface area contributed by atoms with E-state index < -0.39 is 0 Å². The molecular formula is C22H27NO. The minimum Gasteiger partial charge on any atom is -0.354 e. The van der Waals surface area contributed by atoms with Crippen LogP contribution in [0.15, 0.2) is 30.3 Å². The third-order valence-corrected chi connectivity index (χ3v) is 4.82. The molecule has 24 heavy (non-hydrogen) atoms. The van der Waals surface area contributed by atoms with Crippen molar-refractivity contribution < 1.29 is 4.79 Å². The van der Waals surface area contributed by atoms with Gasteiger partial charge in [-0.05, 0) is 53.1 Å². The first-order valence-corrected chi connectivity index (χ1v) is 8.60. The van der Waals surface area contributed by atoms with Crippen molar-refractivity contribution in [1.82, 2.24) is 4.98 Å². The zero-order valence-corrected chi connectivity index (χ0v) is 15.8. The molecule has 0 aliphatic rings. The molecule has 0 radical (unpaired) electrons. The Bertz CT molecular complexity index is 946. The van der Waals surface area contributed by atoms with Crippen LogP contribution in [-0.2, 0) is 10.8 Å². The maximum Gasteiger partial charge on any atom is 0.161 e. The number of fused-ring (bicyclic) bond motifs is 3. The zero-order chi connectivity index (χ0) is 17.9. The maximum atomic E-state index is 12.2. The summed E-state index contributed by atoms with van der Waals surface area (Å²) >= 11 is 0. The molecule has 0 bridgehead atoms. The predicted molar refractivity (Wildman–Crippen MR) is 103 cm³/mol. The Balaban J connectivity index is 2.43. The van der Waals surface area contributed by atoms with Crippen LogP contribution in [0.1, 0.15) is 70.0 Å². The number of H-pyrrole nitrogens is 1. The lowest BCUT2D eigenvalue weighted by Crippen LogP contribution is -2.12. The van der Waals surface area contributed by atoms with E-state index in [4.69, 9.17) is 0 Å². The lowest BCUT2D eigenvalue weighted by atomic mass is 9.84. The standard InChI is InChI=1S/C22H27NO/c1-13(24)16-11-15(22(5,6)7)12-18-17-10-14(21(2,3)4)8-9-19(17)23-20(16)18/h8-12,23H,1-7H3. The van der Waals surface area contributed by atoms with Crippen LogP contribution in [-0.4, -0.2) is 10.8 Å². The highest BCUT2D eigenvalue weighted by Crippen LogP contribution is 2.35. The fraction of sp³-hybridized carbons (Fsp3) is 0.409. The molecule has 0 unspecified atom stereocenters. The number of benzene rings is 2. The van der Waals surface area contributed by atoms with E-state index in [0.717, 1.165) is 22.0 Å². The number of hydrogen-bond donors (Lipinski definition) is 1. The molecule has 0 aliphatic heterocycles. The second-order valence-electron chi connectivity index (χ2n) is 8.89. The Morgan fingerprint density at radius 1 is 0.833 bits per heavy atom. The van der Waals surface area contributed by atoms with Crippen LogP contribution in [0.3, 0.4) is 0 Å². The molecule has 3 aromatic rings. The van der Waals surface area contributed by atoms with Gasteiger partial charge in [-0.1, -0.05) is 47.6 Å². The lowest BCUT2D eigenvalue weighted by molar-refractivity contribution is 0.101. The van der Waals surface area contributed by atoms with E-state index in [0.29, 0.717) is 0 Å². The molecule has 1 heterocycles. The average Bonchev–Trinajstić information content (AvgIpc) is 2.81. The quantitative estimate of drug-likeness (QED) is 0.538. The van der Waals surface area contributed by atoms with Gasteiger partial charge in [0.25, 0.3) is 0 Å². The van der Waals surface area contributed by atoms with Gasteiger partial charge in [0, 0.05) is 21.9 Å². The molecule has 1 N–H and O–H groups in total. The van der Waals surface area contributed by atoms with Gasteiger partial charge in [0.2, 0.25) is 0 Å². The first kappa shape index (κ1) is 16.8. The highest BCUT2D eigenvalue weighted by atomic mass is 16.1. The number of aromatic nitrogens is 1. The van der Waals surface area contributed by atoms with E-state index in [9.17, 15) is 4.79 Å². The van der Waals surface area contributed by atoms with Crippen LogP contribution < -0.4 is 0 Å². The van der Waals surface area contributed by atoms with E-state index in [-0.39, 0.29) is 16.6 Å². The minimum atomic E-state index is 0.00359. The number of rotatable bonds is 1. The summed E-state index contributed by atoms with van der Waals surface area (Å²) in [5.41, 5.74) is 5.43. The number of aromatic amines is 1. The van der Waals surface area contributed by atoms with Gasteiger partial charge < -0.3 is 4.98 Å². The number of hydrogen-bond acceptors (Lipinski definition) is 1. The molecule has 2 heteroatoms. The number of Topliss-reactive ketones (excluding diaryl/α,β-unsaturated/α-hetero) is 1. The van der Waals surface area contributed by atoms with Gasteiger partial charge in [0.05, 0.1) is 5.52 Å². The molecule has 0 atom stereocenters. The van der Waals surface area contributed by atoms with Crippen molar-refractivity contribution in [1.29, 1.82) is 0 Å². The maximum absolute atomic E-state index is 12.2. The first-order chi connectivity index (χ1) is 11.0. The third-order valence-electron chi connectivity index (χ3n) is 4.82. The first-order valence-electron chi connectivity index (χ1n) is 8.60. The summed E-state index contributed by atoms with van der Waals surface area (Å²) in [4.78, 5) is 15.7. The van der Waals surface area contributed by atoms with Crippen LogP contribution in [0, 0.1) is 0 Å². The van der Waals surface area contributed by atoms with Crippen molar-refractivity contribution in [2.45, 2.75) is 59.3 Å². The number of carbonyl (C=O) groups is 1. The van der Waals surface area contributed by atoms with E-state index in [1.54, 1.807) is 6.92 Å². The predicted octanol–water partition coefficient (Wildman–Crippen LogP) is 6.12. The van der Waals surface area contributed by atoms with E-state index in [2.05, 4.69) is 70.8 Å². The summed E-state index contributed by atoms with van der Waals surface area (Å²) in [6.07, 6.45) is 0. The van der Waals surface area contributed by atoms with Crippen molar-refractivity contribution in [3.63, 3.8) is 0 Å². The third kappa shape index (κ3) is 2.75. The zero-order valence-electron chi connectivity index (χ0n) is 15.8. The van der Waals surface area contributed by atoms with Gasteiger partial charge in [-0.25, -0.2) is 0 Å². The number of nitrogens with one attached hydrogen (secondary N) is 1. The van der Waals surface area contributed by atoms with Crippen molar-refractivity contribution >= 4 is 27.6 Å². The molecule has 0 amide bonds. The van der Waals surface area contributed by atoms with Gasteiger partial charge in [-0.2, -0.15) is 0 Å². The van der Waals surface area contributed by atoms with Gasteiger partial charge in [0.15, 0.2) is 5.78 Å². The summed E-state index contributed by atoms with van der Waals surface area (Å²) in [7, 11) is 0. The van der Waals surface area contributed by atoms with Crippen molar-refractivity contribution in [2.75, 3.05) is 0 Å². The van der Waals surface area contributed by atoms with Crippen molar-refractivity contribution in [3.8, 4) is 0 Å². The normalized spacial score (nSPS) is 13.0. The van der Waals surface area contributed by atoms with Gasteiger partial charge >= 0.3 is 0 Å². The Hall–Kier alpha value is -2.09.